The van der Waals surface area contributed by atoms with Crippen LogP contribution in [0.1, 0.15) is 0 Å². The standard InChI is InChI=1S/C20H12BN2O6/c24-22(25)17-11-9-13-5-1-3-7-15(13)19(17)28-21-29-20-16-8-4-2-6-14(16)10-12-18(20)23(26)27/h1-12H. The second kappa shape index (κ2) is 7.47. The largest absolute Gasteiger partial charge is 0.658 e. The van der Waals surface area contributed by atoms with Crippen LogP contribution in [0.3, 0.4) is 0 Å². The lowest BCUT2D eigenvalue weighted by Gasteiger charge is -2.11. The number of hydrogen-bond acceptors (Lipinski definition) is 6. The topological polar surface area (TPSA) is 105 Å². The van der Waals surface area contributed by atoms with Crippen LogP contribution >= 0.6 is 0 Å². The van der Waals surface area contributed by atoms with E-state index < -0.39 is 9.85 Å². The van der Waals surface area contributed by atoms with Gasteiger partial charge in [-0.3, -0.25) is 20.2 Å². The van der Waals surface area contributed by atoms with Gasteiger partial charge in [-0.25, -0.2) is 0 Å². The van der Waals surface area contributed by atoms with Crippen LogP contribution in [0.15, 0.2) is 72.8 Å². The molecule has 4 aromatic rings. The minimum atomic E-state index is -0.560. The lowest BCUT2D eigenvalue weighted by Crippen LogP contribution is -2.13. The number of nitrogens with zero attached hydrogens (tertiary/aromatic N) is 2. The van der Waals surface area contributed by atoms with Crippen LogP contribution in [0.5, 0.6) is 11.5 Å². The first-order valence-corrected chi connectivity index (χ1v) is 8.53. The van der Waals surface area contributed by atoms with Crippen LogP contribution in [0.4, 0.5) is 11.4 Å². The zero-order valence-electron chi connectivity index (χ0n) is 14.8. The summed E-state index contributed by atoms with van der Waals surface area (Å²) in [7, 11) is 0.879. The Bertz CT molecular complexity index is 1160. The van der Waals surface area contributed by atoms with Crippen molar-refractivity contribution in [2.24, 2.45) is 0 Å². The SMILES string of the molecule is O=[N+]([O-])c1ccc2ccccc2c1O[B]Oc1c([N+](=O)[O-])ccc2ccccc12. The second-order valence-electron chi connectivity index (χ2n) is 6.12. The maximum atomic E-state index is 11.4. The normalized spacial score (nSPS) is 10.6. The molecule has 0 aliphatic heterocycles. The first-order chi connectivity index (χ1) is 14.1. The maximum absolute atomic E-state index is 11.4. The highest BCUT2D eigenvalue weighted by molar-refractivity contribution is 6.22. The maximum Gasteiger partial charge on any atom is 0.658 e. The van der Waals surface area contributed by atoms with Crippen LogP contribution in [-0.2, 0) is 0 Å². The van der Waals surface area contributed by atoms with Crippen molar-refractivity contribution >= 4 is 40.6 Å². The van der Waals surface area contributed by atoms with E-state index >= 15 is 0 Å². The molecule has 0 saturated carbocycles. The lowest BCUT2D eigenvalue weighted by atomic mass is 10.1. The van der Waals surface area contributed by atoms with Gasteiger partial charge < -0.3 is 9.31 Å². The summed E-state index contributed by atoms with van der Waals surface area (Å²) in [5.41, 5.74) is -0.480. The van der Waals surface area contributed by atoms with E-state index in [1.165, 1.54) is 12.1 Å². The van der Waals surface area contributed by atoms with Crippen molar-refractivity contribution in [1.29, 1.82) is 0 Å². The molecule has 0 atom stereocenters. The molecule has 1 radical (unpaired) electrons. The Labute approximate surface area is 164 Å². The van der Waals surface area contributed by atoms with Crippen molar-refractivity contribution in [2.45, 2.75) is 0 Å². The van der Waals surface area contributed by atoms with Crippen LogP contribution in [-0.4, -0.2) is 17.5 Å². The van der Waals surface area contributed by atoms with Gasteiger partial charge in [-0.1, -0.05) is 48.5 Å². The summed E-state index contributed by atoms with van der Waals surface area (Å²) < 4.78 is 11.0. The average molecular weight is 387 g/mol. The van der Waals surface area contributed by atoms with Crippen LogP contribution in [0.2, 0.25) is 0 Å². The minimum absolute atomic E-state index is 0.00371. The summed E-state index contributed by atoms with van der Waals surface area (Å²) in [6.45, 7) is 0. The fourth-order valence-corrected chi connectivity index (χ4v) is 3.12. The Balaban J connectivity index is 1.70. The molecule has 0 N–H and O–H groups in total. The van der Waals surface area contributed by atoms with Gasteiger partial charge in [-0.15, -0.1) is 0 Å². The molecule has 141 valence electrons. The molecule has 0 amide bonds. The highest BCUT2D eigenvalue weighted by atomic mass is 16.6. The lowest BCUT2D eigenvalue weighted by molar-refractivity contribution is -0.385. The molecule has 0 aromatic heterocycles. The third kappa shape index (κ3) is 3.41. The van der Waals surface area contributed by atoms with E-state index in [2.05, 4.69) is 0 Å². The van der Waals surface area contributed by atoms with Gasteiger partial charge in [-0.05, 0) is 22.9 Å². The number of hydrogen-bond donors (Lipinski definition) is 0. The van der Waals surface area contributed by atoms with E-state index in [9.17, 15) is 20.2 Å². The van der Waals surface area contributed by atoms with Gasteiger partial charge in [-0.2, -0.15) is 0 Å². The van der Waals surface area contributed by atoms with E-state index in [0.717, 1.165) is 18.5 Å². The predicted octanol–water partition coefficient (Wildman–Crippen LogP) is 4.80. The molecule has 0 bridgehead atoms. The van der Waals surface area contributed by atoms with Crippen molar-refractivity contribution in [1.82, 2.24) is 0 Å². The van der Waals surface area contributed by atoms with Crippen molar-refractivity contribution < 1.29 is 19.2 Å². The molecule has 9 heteroatoms. The summed E-state index contributed by atoms with van der Waals surface area (Å²) in [5, 5.41) is 25.3. The highest BCUT2D eigenvalue weighted by Gasteiger charge is 2.23. The summed E-state index contributed by atoms with van der Waals surface area (Å²) in [6.07, 6.45) is 0. The molecular formula is C20H12BN2O6. The van der Waals surface area contributed by atoms with Gasteiger partial charge in [0.05, 0.1) is 9.85 Å². The van der Waals surface area contributed by atoms with E-state index in [-0.39, 0.29) is 22.9 Å². The fraction of sp³-hybridized carbons (Fsp3) is 0. The molecule has 0 unspecified atom stereocenters. The Morgan fingerprint density at radius 3 is 1.45 bits per heavy atom. The monoisotopic (exact) mass is 387 g/mol. The first kappa shape index (κ1) is 18.2. The zero-order chi connectivity index (χ0) is 20.4. The van der Waals surface area contributed by atoms with Gasteiger partial charge in [0, 0.05) is 22.9 Å². The molecule has 0 saturated heterocycles. The van der Waals surface area contributed by atoms with Gasteiger partial charge in [0.1, 0.15) is 0 Å². The molecule has 4 rings (SSSR count). The average Bonchev–Trinajstić information content (AvgIpc) is 2.73. The summed E-state index contributed by atoms with van der Waals surface area (Å²) in [4.78, 5) is 21.7. The minimum Gasteiger partial charge on any atom is -0.521 e. The number of nitro groups is 2. The van der Waals surface area contributed by atoms with Crippen LogP contribution < -0.4 is 9.31 Å². The Morgan fingerprint density at radius 2 is 1.03 bits per heavy atom. The molecule has 4 aromatic carbocycles. The number of benzene rings is 4. The zero-order valence-corrected chi connectivity index (χ0v) is 14.8. The molecule has 29 heavy (non-hydrogen) atoms. The van der Waals surface area contributed by atoms with Crippen molar-refractivity contribution in [3.8, 4) is 11.5 Å². The second-order valence-corrected chi connectivity index (χ2v) is 6.12. The fourth-order valence-electron chi connectivity index (χ4n) is 3.12. The smallest absolute Gasteiger partial charge is 0.521 e. The Kier molecular flexibility index (Phi) is 4.70. The third-order valence-corrected chi connectivity index (χ3v) is 4.44. The van der Waals surface area contributed by atoms with E-state index in [0.29, 0.717) is 10.8 Å². The molecule has 8 nitrogen and oxygen atoms in total. The summed E-state index contributed by atoms with van der Waals surface area (Å²) >= 11 is 0. The number of rotatable bonds is 6. The van der Waals surface area contributed by atoms with Gasteiger partial charge in [0.2, 0.25) is 0 Å². The van der Waals surface area contributed by atoms with Gasteiger partial charge in [0.15, 0.2) is 11.5 Å². The summed E-state index contributed by atoms with van der Waals surface area (Å²) in [6, 6.07) is 20.0. The first-order valence-electron chi connectivity index (χ1n) is 8.53. The molecule has 0 aliphatic carbocycles. The van der Waals surface area contributed by atoms with Crippen molar-refractivity contribution in [2.75, 3.05) is 0 Å². The quantitative estimate of drug-likeness (QED) is 0.267. The molecular weight excluding hydrogens is 375 g/mol. The van der Waals surface area contributed by atoms with Crippen molar-refractivity contribution in [3.05, 3.63) is 93.0 Å². The Morgan fingerprint density at radius 1 is 0.621 bits per heavy atom. The summed E-state index contributed by atoms with van der Waals surface area (Å²) in [5.74, 6) is -0.00743. The van der Waals surface area contributed by atoms with E-state index in [4.69, 9.17) is 9.31 Å². The molecule has 0 heterocycles. The van der Waals surface area contributed by atoms with Gasteiger partial charge in [0.25, 0.3) is 0 Å². The number of fused-ring (bicyclic) bond motifs is 2. The molecule has 0 fully saturated rings. The van der Waals surface area contributed by atoms with Crippen LogP contribution in [0, 0.1) is 20.2 Å². The van der Waals surface area contributed by atoms with Crippen LogP contribution in [0.25, 0.3) is 21.5 Å². The van der Waals surface area contributed by atoms with Crippen molar-refractivity contribution in [3.63, 3.8) is 0 Å². The number of nitro benzene ring substituents is 2. The van der Waals surface area contributed by atoms with E-state index in [1.54, 1.807) is 60.7 Å². The predicted molar refractivity (Wildman–Crippen MR) is 108 cm³/mol. The van der Waals surface area contributed by atoms with E-state index in [1.807, 2.05) is 0 Å². The highest BCUT2D eigenvalue weighted by Crippen LogP contribution is 2.37. The third-order valence-electron chi connectivity index (χ3n) is 4.44. The van der Waals surface area contributed by atoms with Gasteiger partial charge >= 0.3 is 19.1 Å². The molecule has 0 spiro atoms. The molecule has 0 aliphatic rings. The Hall–Kier alpha value is -4.14.